The summed E-state index contributed by atoms with van der Waals surface area (Å²) in [5.74, 6) is -1.03. The summed E-state index contributed by atoms with van der Waals surface area (Å²) in [4.78, 5) is 24.8. The van der Waals surface area contributed by atoms with E-state index in [2.05, 4.69) is 5.32 Å². The Labute approximate surface area is 124 Å². The first-order valence-corrected chi connectivity index (χ1v) is 7.01. The zero-order valence-corrected chi connectivity index (χ0v) is 12.4. The molecule has 0 fully saturated rings. The standard InChI is InChI=1S/C15H22N2O4/c1-3-4-8-17(9-10-18)15(21)16-13-7-5-6-12(11(13)2)14(19)20/h5-7,18H,3-4,8-10H2,1-2H3,(H,16,21)(H,19,20). The number of hydrogen-bond donors (Lipinski definition) is 3. The first-order valence-electron chi connectivity index (χ1n) is 7.01. The predicted octanol–water partition coefficient (Wildman–Crippen LogP) is 2.32. The number of urea groups is 1. The van der Waals surface area contributed by atoms with Gasteiger partial charge in [-0.15, -0.1) is 0 Å². The predicted molar refractivity (Wildman–Crippen MR) is 80.7 cm³/mol. The van der Waals surface area contributed by atoms with Crippen LogP contribution in [0.1, 0.15) is 35.7 Å². The molecule has 0 aliphatic rings. The van der Waals surface area contributed by atoms with Gasteiger partial charge in [-0.05, 0) is 31.0 Å². The number of aliphatic hydroxyl groups excluding tert-OH is 1. The molecule has 0 unspecified atom stereocenters. The third-order valence-corrected chi connectivity index (χ3v) is 3.24. The second kappa shape index (κ2) is 8.26. The van der Waals surface area contributed by atoms with E-state index in [1.54, 1.807) is 19.1 Å². The van der Waals surface area contributed by atoms with E-state index in [0.717, 1.165) is 12.8 Å². The zero-order valence-electron chi connectivity index (χ0n) is 12.4. The number of rotatable bonds is 7. The van der Waals surface area contributed by atoms with Crippen LogP contribution in [-0.4, -0.2) is 46.8 Å². The summed E-state index contributed by atoms with van der Waals surface area (Å²) in [6, 6.07) is 4.42. The number of aliphatic hydroxyl groups is 1. The van der Waals surface area contributed by atoms with Crippen molar-refractivity contribution in [2.75, 3.05) is 25.0 Å². The highest BCUT2D eigenvalue weighted by Crippen LogP contribution is 2.19. The molecule has 1 aromatic rings. The SMILES string of the molecule is CCCCN(CCO)C(=O)Nc1cccc(C(=O)O)c1C. The number of benzene rings is 1. The number of hydrogen-bond acceptors (Lipinski definition) is 3. The van der Waals surface area contributed by atoms with E-state index in [1.165, 1.54) is 11.0 Å². The number of aromatic carboxylic acids is 1. The quantitative estimate of drug-likeness (QED) is 0.720. The fourth-order valence-electron chi connectivity index (χ4n) is 1.98. The Kier molecular flexibility index (Phi) is 6.68. The van der Waals surface area contributed by atoms with Gasteiger partial charge in [-0.25, -0.2) is 9.59 Å². The van der Waals surface area contributed by atoms with Gasteiger partial charge >= 0.3 is 12.0 Å². The minimum atomic E-state index is -1.03. The van der Waals surface area contributed by atoms with Gasteiger partial charge in [0, 0.05) is 18.8 Å². The molecule has 0 aliphatic heterocycles. The molecular formula is C15H22N2O4. The highest BCUT2D eigenvalue weighted by Gasteiger charge is 2.16. The van der Waals surface area contributed by atoms with Gasteiger partial charge < -0.3 is 20.4 Å². The van der Waals surface area contributed by atoms with Gasteiger partial charge in [0.15, 0.2) is 0 Å². The number of unbranched alkanes of at least 4 members (excludes halogenated alkanes) is 1. The maximum Gasteiger partial charge on any atom is 0.336 e. The van der Waals surface area contributed by atoms with Crippen molar-refractivity contribution < 1.29 is 19.8 Å². The van der Waals surface area contributed by atoms with E-state index in [1.807, 2.05) is 6.92 Å². The van der Waals surface area contributed by atoms with E-state index in [4.69, 9.17) is 10.2 Å². The van der Waals surface area contributed by atoms with Crippen LogP contribution in [0.15, 0.2) is 18.2 Å². The maximum absolute atomic E-state index is 12.2. The molecule has 3 N–H and O–H groups in total. The average Bonchev–Trinajstić information content (AvgIpc) is 2.45. The van der Waals surface area contributed by atoms with E-state index < -0.39 is 5.97 Å². The van der Waals surface area contributed by atoms with Crippen molar-refractivity contribution in [3.8, 4) is 0 Å². The van der Waals surface area contributed by atoms with Crippen LogP contribution < -0.4 is 5.32 Å². The van der Waals surface area contributed by atoms with Crippen molar-refractivity contribution in [1.29, 1.82) is 0 Å². The molecule has 1 rings (SSSR count). The molecule has 116 valence electrons. The highest BCUT2D eigenvalue weighted by molar-refractivity contribution is 5.95. The summed E-state index contributed by atoms with van der Waals surface area (Å²) in [5, 5.41) is 20.8. The fourth-order valence-corrected chi connectivity index (χ4v) is 1.98. The third kappa shape index (κ3) is 4.75. The first-order chi connectivity index (χ1) is 10.0. The Hall–Kier alpha value is -2.08. The van der Waals surface area contributed by atoms with Crippen LogP contribution in [0.5, 0.6) is 0 Å². The van der Waals surface area contributed by atoms with Gasteiger partial charge in [0.1, 0.15) is 0 Å². The van der Waals surface area contributed by atoms with Crippen LogP contribution in [0.4, 0.5) is 10.5 Å². The van der Waals surface area contributed by atoms with Crippen LogP contribution in [0.25, 0.3) is 0 Å². The Morgan fingerprint density at radius 1 is 1.29 bits per heavy atom. The third-order valence-electron chi connectivity index (χ3n) is 3.24. The summed E-state index contributed by atoms with van der Waals surface area (Å²) >= 11 is 0. The number of carboxylic acids is 1. The zero-order chi connectivity index (χ0) is 15.8. The summed E-state index contributed by atoms with van der Waals surface area (Å²) in [7, 11) is 0. The van der Waals surface area contributed by atoms with Crippen LogP contribution in [-0.2, 0) is 0 Å². The van der Waals surface area contributed by atoms with Crippen molar-refractivity contribution in [1.82, 2.24) is 4.90 Å². The molecule has 0 aromatic heterocycles. The highest BCUT2D eigenvalue weighted by atomic mass is 16.4. The minimum Gasteiger partial charge on any atom is -0.478 e. The van der Waals surface area contributed by atoms with E-state index >= 15 is 0 Å². The molecule has 0 saturated heterocycles. The Morgan fingerprint density at radius 3 is 2.57 bits per heavy atom. The molecule has 0 spiro atoms. The second-order valence-corrected chi connectivity index (χ2v) is 4.78. The number of nitrogens with one attached hydrogen (secondary N) is 1. The maximum atomic E-state index is 12.2. The van der Waals surface area contributed by atoms with Crippen molar-refractivity contribution in [3.05, 3.63) is 29.3 Å². The topological polar surface area (TPSA) is 89.9 Å². The molecular weight excluding hydrogens is 272 g/mol. The number of amides is 2. The van der Waals surface area contributed by atoms with Gasteiger partial charge in [-0.1, -0.05) is 19.4 Å². The number of carboxylic acid groups (broad SMARTS) is 1. The van der Waals surface area contributed by atoms with Crippen LogP contribution in [0.3, 0.4) is 0 Å². The molecule has 0 aliphatic carbocycles. The smallest absolute Gasteiger partial charge is 0.336 e. The number of anilines is 1. The number of carbonyl (C=O) groups is 2. The molecule has 0 radical (unpaired) electrons. The summed E-state index contributed by atoms with van der Waals surface area (Å²) < 4.78 is 0. The van der Waals surface area contributed by atoms with Crippen molar-refractivity contribution >= 4 is 17.7 Å². The lowest BCUT2D eigenvalue weighted by molar-refractivity contribution is 0.0696. The Bertz CT molecular complexity index is 502. The first kappa shape index (κ1) is 17.0. The molecule has 6 heteroatoms. The molecule has 0 bridgehead atoms. The molecule has 2 amide bonds. The van der Waals surface area contributed by atoms with Gasteiger partial charge in [-0.3, -0.25) is 0 Å². The van der Waals surface area contributed by atoms with Crippen molar-refractivity contribution in [3.63, 3.8) is 0 Å². The average molecular weight is 294 g/mol. The summed E-state index contributed by atoms with van der Waals surface area (Å²) in [5.41, 5.74) is 1.15. The lowest BCUT2D eigenvalue weighted by Gasteiger charge is -2.22. The van der Waals surface area contributed by atoms with Crippen molar-refractivity contribution in [2.24, 2.45) is 0 Å². The number of nitrogens with zero attached hydrogens (tertiary/aromatic N) is 1. The Balaban J connectivity index is 2.85. The molecule has 21 heavy (non-hydrogen) atoms. The lowest BCUT2D eigenvalue weighted by Crippen LogP contribution is -2.38. The molecule has 0 atom stereocenters. The summed E-state index contributed by atoms with van der Waals surface area (Å²) in [6.45, 7) is 4.38. The van der Waals surface area contributed by atoms with Crippen LogP contribution in [0.2, 0.25) is 0 Å². The largest absolute Gasteiger partial charge is 0.478 e. The van der Waals surface area contributed by atoms with Gasteiger partial charge in [0.25, 0.3) is 0 Å². The lowest BCUT2D eigenvalue weighted by atomic mass is 10.1. The van der Waals surface area contributed by atoms with E-state index in [0.29, 0.717) is 17.8 Å². The molecule has 0 saturated carbocycles. The monoisotopic (exact) mass is 294 g/mol. The number of carbonyl (C=O) groups excluding carboxylic acids is 1. The van der Waals surface area contributed by atoms with E-state index in [9.17, 15) is 9.59 Å². The fraction of sp³-hybridized carbons (Fsp3) is 0.467. The molecule has 1 aromatic carbocycles. The normalized spacial score (nSPS) is 10.2. The van der Waals surface area contributed by atoms with Gasteiger partial charge in [0.05, 0.1) is 12.2 Å². The second-order valence-electron chi connectivity index (χ2n) is 4.78. The van der Waals surface area contributed by atoms with Crippen molar-refractivity contribution in [2.45, 2.75) is 26.7 Å². The van der Waals surface area contributed by atoms with Gasteiger partial charge in [0.2, 0.25) is 0 Å². The van der Waals surface area contributed by atoms with Crippen LogP contribution in [0, 0.1) is 6.92 Å². The Morgan fingerprint density at radius 2 is 2.00 bits per heavy atom. The minimum absolute atomic E-state index is 0.106. The molecule has 0 heterocycles. The molecule has 6 nitrogen and oxygen atoms in total. The summed E-state index contributed by atoms with van der Waals surface area (Å²) in [6.07, 6.45) is 1.80. The van der Waals surface area contributed by atoms with E-state index in [-0.39, 0.29) is 24.7 Å². The van der Waals surface area contributed by atoms with Crippen LogP contribution >= 0.6 is 0 Å². The van der Waals surface area contributed by atoms with Gasteiger partial charge in [-0.2, -0.15) is 0 Å².